The highest BCUT2D eigenvalue weighted by atomic mass is 16.5. The Bertz CT molecular complexity index is 333. The smallest absolute Gasteiger partial charge is 0.333 e. The summed E-state index contributed by atoms with van der Waals surface area (Å²) in [6.07, 6.45) is 0.577. The first-order valence-electron chi connectivity index (χ1n) is 5.59. The van der Waals surface area contributed by atoms with Crippen molar-refractivity contribution >= 4 is 17.9 Å². The van der Waals surface area contributed by atoms with Crippen molar-refractivity contribution in [2.24, 2.45) is 5.92 Å². The molecule has 0 aromatic carbocycles. The fourth-order valence-corrected chi connectivity index (χ4v) is 1.35. The van der Waals surface area contributed by atoms with E-state index in [2.05, 4.69) is 6.58 Å². The zero-order valence-corrected chi connectivity index (χ0v) is 10.3. The Hall–Kier alpha value is -1.85. The van der Waals surface area contributed by atoms with Gasteiger partial charge in [0.15, 0.2) is 0 Å². The number of carboxylic acids is 2. The van der Waals surface area contributed by atoms with E-state index in [1.807, 2.05) is 0 Å². The first-order chi connectivity index (χ1) is 8.32. The molecule has 2 N–H and O–H groups in total. The summed E-state index contributed by atoms with van der Waals surface area (Å²) in [6, 6.07) is 0. The predicted octanol–water partition coefficient (Wildman–Crippen LogP) is 1.45. The normalized spacial score (nSPS) is 11.6. The summed E-state index contributed by atoms with van der Waals surface area (Å²) in [5, 5.41) is 17.2. The molecule has 1 unspecified atom stereocenters. The van der Waals surface area contributed by atoms with Gasteiger partial charge in [0.2, 0.25) is 0 Å². The summed E-state index contributed by atoms with van der Waals surface area (Å²) in [7, 11) is 0. The van der Waals surface area contributed by atoms with Crippen LogP contribution in [-0.4, -0.2) is 34.7 Å². The van der Waals surface area contributed by atoms with Crippen molar-refractivity contribution in [2.75, 3.05) is 6.61 Å². The van der Waals surface area contributed by atoms with Crippen molar-refractivity contribution in [3.8, 4) is 0 Å². The minimum Gasteiger partial charge on any atom is -0.481 e. The second-order valence-electron chi connectivity index (χ2n) is 4.13. The number of hydrogen-bond donors (Lipinski definition) is 2. The third kappa shape index (κ3) is 8.32. The average Bonchev–Trinajstić information content (AvgIpc) is 2.23. The lowest BCUT2D eigenvalue weighted by atomic mass is 9.99. The number of carbonyl (C=O) groups is 3. The highest BCUT2D eigenvalue weighted by Gasteiger charge is 2.16. The Labute approximate surface area is 105 Å². The molecule has 18 heavy (non-hydrogen) atoms. The molecular weight excluding hydrogens is 240 g/mol. The predicted molar refractivity (Wildman–Crippen MR) is 63.0 cm³/mol. The Morgan fingerprint density at radius 3 is 2.28 bits per heavy atom. The lowest BCUT2D eigenvalue weighted by Gasteiger charge is -2.14. The van der Waals surface area contributed by atoms with Crippen molar-refractivity contribution in [1.29, 1.82) is 0 Å². The summed E-state index contributed by atoms with van der Waals surface area (Å²) in [6.45, 7) is 4.88. The van der Waals surface area contributed by atoms with Crippen LogP contribution in [0.5, 0.6) is 0 Å². The second-order valence-corrected chi connectivity index (χ2v) is 4.13. The highest BCUT2D eigenvalue weighted by molar-refractivity contribution is 5.86. The van der Waals surface area contributed by atoms with Gasteiger partial charge in [0, 0.05) is 17.9 Å². The summed E-state index contributed by atoms with van der Waals surface area (Å²) in [4.78, 5) is 32.1. The molecule has 0 spiro atoms. The number of aliphatic carboxylic acids is 2. The second kappa shape index (κ2) is 8.27. The van der Waals surface area contributed by atoms with Crippen molar-refractivity contribution in [2.45, 2.75) is 32.6 Å². The molecular formula is C12H18O6. The molecule has 0 rings (SSSR count). The SMILES string of the molecule is C=C(C)C(=O)OCC(CCCC(=O)O)CC(=O)O. The summed E-state index contributed by atoms with van der Waals surface area (Å²) < 4.78 is 4.87. The standard InChI is InChI=1S/C12H18O6/c1-8(2)12(17)18-7-9(6-11(15)16)4-3-5-10(13)14/h9H,1,3-7H2,2H3,(H,13,14)(H,15,16). The van der Waals surface area contributed by atoms with Gasteiger partial charge in [0.1, 0.15) is 0 Å². The zero-order valence-electron chi connectivity index (χ0n) is 10.3. The van der Waals surface area contributed by atoms with E-state index in [0.717, 1.165) is 0 Å². The molecule has 6 nitrogen and oxygen atoms in total. The fourth-order valence-electron chi connectivity index (χ4n) is 1.35. The molecule has 1 atom stereocenters. The first kappa shape index (κ1) is 16.1. The van der Waals surface area contributed by atoms with Crippen LogP contribution in [0.4, 0.5) is 0 Å². The van der Waals surface area contributed by atoms with Crippen LogP contribution in [0.1, 0.15) is 32.6 Å². The fraction of sp³-hybridized carbons (Fsp3) is 0.583. The van der Waals surface area contributed by atoms with Gasteiger partial charge in [-0.1, -0.05) is 6.58 Å². The molecule has 0 amide bonds. The van der Waals surface area contributed by atoms with Gasteiger partial charge in [-0.05, 0) is 19.8 Å². The number of esters is 1. The van der Waals surface area contributed by atoms with Gasteiger partial charge >= 0.3 is 17.9 Å². The van der Waals surface area contributed by atoms with Crippen molar-refractivity contribution in [3.63, 3.8) is 0 Å². The first-order valence-corrected chi connectivity index (χ1v) is 5.59. The van der Waals surface area contributed by atoms with Crippen molar-refractivity contribution in [3.05, 3.63) is 12.2 Å². The zero-order chi connectivity index (χ0) is 14.1. The van der Waals surface area contributed by atoms with Gasteiger partial charge in [-0.25, -0.2) is 4.79 Å². The Kier molecular flexibility index (Phi) is 7.42. The van der Waals surface area contributed by atoms with Gasteiger partial charge in [-0.2, -0.15) is 0 Å². The average molecular weight is 258 g/mol. The molecule has 0 aromatic rings. The van der Waals surface area contributed by atoms with E-state index in [1.54, 1.807) is 0 Å². The van der Waals surface area contributed by atoms with Gasteiger partial charge in [0.25, 0.3) is 0 Å². The Morgan fingerprint density at radius 2 is 1.83 bits per heavy atom. The third-order valence-electron chi connectivity index (χ3n) is 2.26. The Balaban J connectivity index is 4.14. The van der Waals surface area contributed by atoms with E-state index in [0.29, 0.717) is 12.8 Å². The molecule has 0 aliphatic carbocycles. The van der Waals surface area contributed by atoms with Gasteiger partial charge in [0.05, 0.1) is 13.0 Å². The van der Waals surface area contributed by atoms with Crippen LogP contribution >= 0.6 is 0 Å². The molecule has 0 aliphatic rings. The van der Waals surface area contributed by atoms with Crippen LogP contribution in [0.15, 0.2) is 12.2 Å². The van der Waals surface area contributed by atoms with E-state index >= 15 is 0 Å². The van der Waals surface area contributed by atoms with Crippen LogP contribution in [0.25, 0.3) is 0 Å². The number of carboxylic acid groups (broad SMARTS) is 2. The van der Waals surface area contributed by atoms with Crippen LogP contribution < -0.4 is 0 Å². The molecule has 0 radical (unpaired) electrons. The van der Waals surface area contributed by atoms with Crippen LogP contribution in [-0.2, 0) is 19.1 Å². The Morgan fingerprint density at radius 1 is 1.22 bits per heavy atom. The van der Waals surface area contributed by atoms with E-state index in [9.17, 15) is 14.4 Å². The topological polar surface area (TPSA) is 101 Å². The van der Waals surface area contributed by atoms with Gasteiger partial charge < -0.3 is 14.9 Å². The third-order valence-corrected chi connectivity index (χ3v) is 2.26. The largest absolute Gasteiger partial charge is 0.481 e. The number of hydrogen-bond acceptors (Lipinski definition) is 4. The number of rotatable bonds is 9. The number of carbonyl (C=O) groups excluding carboxylic acids is 1. The molecule has 6 heteroatoms. The van der Waals surface area contributed by atoms with E-state index in [-0.39, 0.29) is 30.9 Å². The minimum atomic E-state index is -0.998. The molecule has 0 fully saturated rings. The van der Waals surface area contributed by atoms with Crippen molar-refractivity contribution in [1.82, 2.24) is 0 Å². The monoisotopic (exact) mass is 258 g/mol. The van der Waals surface area contributed by atoms with Crippen LogP contribution in [0.2, 0.25) is 0 Å². The molecule has 0 saturated carbocycles. The van der Waals surface area contributed by atoms with Crippen molar-refractivity contribution < 1.29 is 29.3 Å². The quantitative estimate of drug-likeness (QED) is 0.479. The van der Waals surface area contributed by atoms with E-state index < -0.39 is 17.9 Å². The van der Waals surface area contributed by atoms with Crippen LogP contribution in [0, 0.1) is 5.92 Å². The minimum absolute atomic E-state index is 0.0233. The molecule has 102 valence electrons. The molecule has 0 saturated heterocycles. The molecule has 0 aromatic heterocycles. The van der Waals surface area contributed by atoms with Crippen LogP contribution in [0.3, 0.4) is 0 Å². The summed E-state index contributed by atoms with van der Waals surface area (Å²) in [5.74, 6) is -2.86. The molecule has 0 aliphatic heterocycles. The molecule has 0 bridgehead atoms. The van der Waals surface area contributed by atoms with E-state index in [1.165, 1.54) is 6.92 Å². The number of ether oxygens (including phenoxy) is 1. The maximum absolute atomic E-state index is 11.2. The van der Waals surface area contributed by atoms with Gasteiger partial charge in [-0.3, -0.25) is 9.59 Å². The maximum Gasteiger partial charge on any atom is 0.333 e. The van der Waals surface area contributed by atoms with E-state index in [4.69, 9.17) is 14.9 Å². The van der Waals surface area contributed by atoms with Gasteiger partial charge in [-0.15, -0.1) is 0 Å². The lowest BCUT2D eigenvalue weighted by molar-refractivity contribution is -0.144. The highest BCUT2D eigenvalue weighted by Crippen LogP contribution is 2.14. The summed E-state index contributed by atoms with van der Waals surface area (Å²) >= 11 is 0. The summed E-state index contributed by atoms with van der Waals surface area (Å²) in [5.41, 5.74) is 0.245. The molecule has 0 heterocycles. The lowest BCUT2D eigenvalue weighted by Crippen LogP contribution is -2.18. The maximum atomic E-state index is 11.2.